The largest absolute Gasteiger partial charge is 0.744 e. The van der Waals surface area contributed by atoms with Crippen LogP contribution < -0.4 is 52.4 Å². The van der Waals surface area contributed by atoms with Gasteiger partial charge in [0.05, 0.1) is 19.6 Å². The number of hydrogen-bond acceptors (Lipinski definition) is 12. The topological polar surface area (TPSA) is 257 Å². The minimum Gasteiger partial charge on any atom is -0.744 e. The van der Waals surface area contributed by atoms with E-state index in [0.717, 1.165) is 22.3 Å². The molecule has 10 rings (SSSR count). The number of H-pyrrole nitrogens is 2. The molecule has 14 nitrogen and oxygen atoms in total. The van der Waals surface area contributed by atoms with Crippen LogP contribution in [-0.4, -0.2) is 51.9 Å². The lowest BCUT2D eigenvalue weighted by Gasteiger charge is -2.18. The molecule has 0 spiro atoms. The summed E-state index contributed by atoms with van der Waals surface area (Å²) in [5.74, 6) is 0. The number of pyridine rings is 2. The quantitative estimate of drug-likeness (QED) is 0.105. The zero-order chi connectivity index (χ0) is 69.6. The van der Waals surface area contributed by atoms with Crippen molar-refractivity contribution >= 4 is 40.5 Å². The van der Waals surface area contributed by atoms with Gasteiger partial charge in [0.1, 0.15) is 40.5 Å². The third-order valence-corrected chi connectivity index (χ3v) is 21.2. The molecule has 0 bridgehead atoms. The van der Waals surface area contributed by atoms with Gasteiger partial charge in [-0.3, -0.25) is 0 Å². The number of nitrogens with one attached hydrogen (secondary N) is 2. The third-order valence-electron chi connectivity index (χ3n) is 12.5. The Morgan fingerprint density at radius 2 is 0.516 bits per heavy atom. The molecule has 0 unspecified atom stereocenters. The normalized spacial score (nSPS) is 11.1. The highest BCUT2D eigenvalue weighted by Gasteiger charge is 2.20. The molecule has 8 aromatic carbocycles. The average molecular weight is 1560 g/mol. The summed E-state index contributed by atoms with van der Waals surface area (Å²) >= 11 is -0.0416. The molecular formula is C73H82I2N2O12S4. The van der Waals surface area contributed by atoms with Crippen molar-refractivity contribution in [3.63, 3.8) is 0 Å². The van der Waals surface area contributed by atoms with Gasteiger partial charge in [0.25, 0.3) is 0 Å². The van der Waals surface area contributed by atoms with Gasteiger partial charge in [-0.25, -0.2) is 43.6 Å². The summed E-state index contributed by atoms with van der Waals surface area (Å²) in [6.07, 6.45) is 3.75. The lowest BCUT2D eigenvalue weighted by Crippen LogP contribution is -3.61. The van der Waals surface area contributed by atoms with E-state index in [1.54, 1.807) is 48.5 Å². The molecule has 0 fully saturated rings. The Morgan fingerprint density at radius 1 is 0.290 bits per heavy atom. The molecule has 93 heavy (non-hydrogen) atoms. The van der Waals surface area contributed by atoms with Gasteiger partial charge in [-0.15, -0.1) is 0 Å². The molecule has 0 aliphatic carbocycles. The number of rotatable bonds is 8. The van der Waals surface area contributed by atoms with Crippen LogP contribution in [0, 0.1) is 62.7 Å². The van der Waals surface area contributed by atoms with E-state index in [2.05, 4.69) is 194 Å². The number of halogens is 2. The first kappa shape index (κ1) is 80.4. The predicted octanol–water partition coefficient (Wildman–Crippen LogP) is 7.75. The summed E-state index contributed by atoms with van der Waals surface area (Å²) in [6, 6.07) is 73.1. The molecule has 0 amide bonds. The van der Waals surface area contributed by atoms with E-state index >= 15 is 0 Å². The number of aromatic amines is 2. The molecule has 20 heteroatoms. The van der Waals surface area contributed by atoms with Gasteiger partial charge < -0.3 is 18.2 Å². The van der Waals surface area contributed by atoms with Crippen molar-refractivity contribution in [1.82, 2.24) is 0 Å². The SMILES string of the molecule is CC(C)(C)c1ccc([I+]c2ccc(C(C)(C)C)cc2)cc1.Cc1cc(C)[nH+]c(C)c1.Cc1ccc(S(=O)(=O)[O-])cc1.Cc1ccc(S(=O)(=O)[O-])cc1.Cc1ccc(S(=O)(=O)[O-])cc1.Cc1ccc(S(=O)(=O)[O-])cc1.c1cc[nH+]cc1.c1ccc([I+]c2ccccc2)cc1. The fourth-order valence-electron chi connectivity index (χ4n) is 7.50. The van der Waals surface area contributed by atoms with Crippen LogP contribution in [0.3, 0.4) is 0 Å². The van der Waals surface area contributed by atoms with Gasteiger partial charge in [0.15, 0.2) is 38.1 Å². The number of aryl methyl sites for hydroxylation is 7. The Morgan fingerprint density at radius 3 is 0.699 bits per heavy atom. The van der Waals surface area contributed by atoms with Crippen molar-refractivity contribution in [3.05, 3.63) is 314 Å². The van der Waals surface area contributed by atoms with Gasteiger partial charge in [0.2, 0.25) is 0 Å². The molecule has 0 saturated heterocycles. The zero-order valence-electron chi connectivity index (χ0n) is 54.5. The van der Waals surface area contributed by atoms with Crippen LogP contribution >= 0.6 is 0 Å². The maximum atomic E-state index is 10.4. The zero-order valence-corrected chi connectivity index (χ0v) is 62.0. The molecule has 2 heterocycles. The molecule has 494 valence electrons. The highest BCUT2D eigenvalue weighted by molar-refractivity contribution is 7.86. The van der Waals surface area contributed by atoms with E-state index < -0.39 is 40.5 Å². The first-order chi connectivity index (χ1) is 43.3. The molecule has 0 saturated carbocycles. The number of benzene rings is 8. The fraction of sp³-hybridized carbons (Fsp3) is 0.205. The predicted molar refractivity (Wildman–Crippen MR) is 355 cm³/mol. The molecule has 0 atom stereocenters. The average Bonchev–Trinajstić information content (AvgIpc) is 1.05. The number of aromatic nitrogens is 2. The second-order valence-corrected chi connectivity index (χ2v) is 34.5. The number of hydrogen-bond donors (Lipinski definition) is 0. The van der Waals surface area contributed by atoms with Crippen LogP contribution in [0.5, 0.6) is 0 Å². The fourth-order valence-corrected chi connectivity index (χ4v) is 13.8. The van der Waals surface area contributed by atoms with Crippen LogP contribution in [0.2, 0.25) is 0 Å². The minimum absolute atomic E-state index is 0.0287. The molecule has 2 N–H and O–H groups in total. The van der Waals surface area contributed by atoms with E-state index in [1.807, 2.05) is 58.3 Å². The summed E-state index contributed by atoms with van der Waals surface area (Å²) in [4.78, 5) is 5.39. The van der Waals surface area contributed by atoms with Crippen LogP contribution in [0.4, 0.5) is 0 Å². The molecule has 0 aliphatic rings. The smallest absolute Gasteiger partial charge is 0.357 e. The summed E-state index contributed by atoms with van der Waals surface area (Å²) < 4.78 is 131. The van der Waals surface area contributed by atoms with E-state index in [9.17, 15) is 51.9 Å². The minimum atomic E-state index is -4.27. The Bertz CT molecular complexity index is 3810. The van der Waals surface area contributed by atoms with E-state index in [-0.39, 0.29) is 72.8 Å². The molecule has 0 radical (unpaired) electrons. The van der Waals surface area contributed by atoms with Crippen LogP contribution in [-0.2, 0) is 51.3 Å². The first-order valence-electron chi connectivity index (χ1n) is 28.9. The lowest BCUT2D eigenvalue weighted by molar-refractivity contribution is -0.597. The van der Waals surface area contributed by atoms with Crippen molar-refractivity contribution in [2.75, 3.05) is 0 Å². The highest BCUT2D eigenvalue weighted by atomic mass is 127. The van der Waals surface area contributed by atoms with E-state index in [4.69, 9.17) is 0 Å². The maximum absolute atomic E-state index is 10.4. The highest BCUT2D eigenvalue weighted by Crippen LogP contribution is 2.22. The second-order valence-electron chi connectivity index (χ2n) is 23.0. The van der Waals surface area contributed by atoms with E-state index in [1.165, 1.54) is 90.9 Å². The Hall–Kier alpha value is -6.84. The summed E-state index contributed by atoms with van der Waals surface area (Å²) in [5, 5.41) is 0. The van der Waals surface area contributed by atoms with Gasteiger partial charge in [-0.1, -0.05) is 179 Å². The van der Waals surface area contributed by atoms with Crippen molar-refractivity contribution in [3.8, 4) is 0 Å². The van der Waals surface area contributed by atoms with E-state index in [0.29, 0.717) is 0 Å². The molecule has 2 aromatic heterocycles. The van der Waals surface area contributed by atoms with Gasteiger partial charge in [-0.2, -0.15) is 0 Å². The van der Waals surface area contributed by atoms with Crippen LogP contribution in [0.15, 0.2) is 269 Å². The van der Waals surface area contributed by atoms with Gasteiger partial charge >= 0.3 is 42.4 Å². The summed E-state index contributed by atoms with van der Waals surface area (Å²) in [5.41, 5.74) is 10.8. The van der Waals surface area contributed by atoms with Crippen molar-refractivity contribution in [2.24, 2.45) is 0 Å². The first-order valence-corrected chi connectivity index (χ1v) is 38.8. The standard InChI is InChI=1S/C20H26I.C12H10I.C8H11N.4C7H8O3S.C5H5N/c1-19(2,3)15-7-11-17(12-8-15)21-18-13-9-16(10-14-18)20(4,5)6;1-3-7-11(8-4-1)13-12-9-5-2-6-10-12;1-6-4-7(2)9-8(3)5-6;4*1-6-2-4-7(5-3-6)11(8,9)10;1-2-4-6-5-3-1/h7-14H,1-6H3;1-10H;4-5H,1-3H3;4*2-5H,1H3,(H,8,9,10);1-5H/q2*+1;;;;;;/p-2. The van der Waals surface area contributed by atoms with Crippen LogP contribution in [0.25, 0.3) is 0 Å². The lowest BCUT2D eigenvalue weighted by atomic mass is 9.87. The Labute approximate surface area is 573 Å². The maximum Gasteiger partial charge on any atom is 0.357 e. The van der Waals surface area contributed by atoms with Crippen LogP contribution in [0.1, 0.15) is 91.9 Å². The summed E-state index contributed by atoms with van der Waals surface area (Å²) in [6.45, 7) is 27.1. The monoisotopic (exact) mass is 1560 g/mol. The van der Waals surface area contributed by atoms with Crippen molar-refractivity contribution in [2.45, 2.75) is 120 Å². The molecule has 0 aliphatic heterocycles. The summed E-state index contributed by atoms with van der Waals surface area (Å²) in [7, 11) is -17.1. The van der Waals surface area contributed by atoms with Gasteiger partial charge in [-0.05, 0) is 159 Å². The molecule has 10 aromatic rings. The van der Waals surface area contributed by atoms with Gasteiger partial charge in [0, 0.05) is 38.1 Å². The second kappa shape index (κ2) is 38.5. The molecular weight excluding hydrogens is 1480 g/mol. The third kappa shape index (κ3) is 34.2. The van der Waals surface area contributed by atoms with Crippen molar-refractivity contribution in [1.29, 1.82) is 0 Å². The van der Waals surface area contributed by atoms with Crippen molar-refractivity contribution < 1.29 is 104 Å². The Balaban J connectivity index is 0.000000283. The Kier molecular flexibility index (Phi) is 33.3.